The van der Waals surface area contributed by atoms with Crippen LogP contribution in [0.15, 0.2) is 24.3 Å². The van der Waals surface area contributed by atoms with Crippen LogP contribution in [0.1, 0.15) is 30.1 Å². The van der Waals surface area contributed by atoms with Gasteiger partial charge in [0.2, 0.25) is 0 Å². The van der Waals surface area contributed by atoms with Crippen LogP contribution in [0, 0.1) is 5.92 Å². The fourth-order valence-corrected chi connectivity index (χ4v) is 2.07. The minimum absolute atomic E-state index is 0.0741. The molecular weight excluding hydrogens is 200 g/mol. The molecule has 3 heteroatoms. The molecule has 0 saturated carbocycles. The Labute approximate surface area is 96.2 Å². The number of hydrogen-bond donors (Lipinski definition) is 1. The number of hydrogen-bond acceptors (Lipinski definition) is 2. The van der Waals surface area contributed by atoms with Gasteiger partial charge in [0.1, 0.15) is 0 Å². The molecule has 1 saturated heterocycles. The van der Waals surface area contributed by atoms with Gasteiger partial charge in [-0.1, -0.05) is 19.1 Å². The third kappa shape index (κ3) is 2.18. The molecular formula is C13H18N2O. The van der Waals surface area contributed by atoms with Crippen LogP contribution >= 0.6 is 0 Å². The highest BCUT2D eigenvalue weighted by molar-refractivity contribution is 5.99. The number of nitrogens with two attached hydrogens (primary N) is 1. The number of nitrogen functional groups attached to an aromatic ring is 1. The van der Waals surface area contributed by atoms with E-state index in [2.05, 4.69) is 6.92 Å². The molecule has 0 aliphatic carbocycles. The summed E-state index contributed by atoms with van der Waals surface area (Å²) in [5.41, 5.74) is 7.02. The molecule has 0 aromatic heterocycles. The van der Waals surface area contributed by atoms with Crippen molar-refractivity contribution in [3.8, 4) is 0 Å². The van der Waals surface area contributed by atoms with Crippen LogP contribution in [-0.4, -0.2) is 23.9 Å². The molecule has 0 radical (unpaired) electrons. The zero-order valence-corrected chi connectivity index (χ0v) is 9.65. The number of likely N-dealkylation sites (tertiary alicyclic amines) is 1. The predicted octanol–water partition coefficient (Wildman–Crippen LogP) is 2.14. The van der Waals surface area contributed by atoms with Gasteiger partial charge in [0.25, 0.3) is 5.91 Å². The lowest BCUT2D eigenvalue weighted by Gasteiger charge is -2.30. The summed E-state index contributed by atoms with van der Waals surface area (Å²) in [4.78, 5) is 14.1. The van der Waals surface area contributed by atoms with Crippen molar-refractivity contribution in [2.24, 2.45) is 5.92 Å². The Kier molecular flexibility index (Phi) is 3.13. The maximum absolute atomic E-state index is 12.2. The monoisotopic (exact) mass is 218 g/mol. The van der Waals surface area contributed by atoms with Gasteiger partial charge in [-0.05, 0) is 30.9 Å². The molecule has 1 aliphatic rings. The molecule has 1 aromatic carbocycles. The number of nitrogens with zero attached hydrogens (tertiary/aromatic N) is 1. The molecule has 1 aliphatic heterocycles. The normalized spacial score (nSPS) is 17.4. The predicted molar refractivity (Wildman–Crippen MR) is 65.2 cm³/mol. The van der Waals surface area contributed by atoms with Gasteiger partial charge in [-0.15, -0.1) is 0 Å². The Bertz CT molecular complexity index is 381. The molecule has 0 unspecified atom stereocenters. The van der Waals surface area contributed by atoms with Gasteiger partial charge in [-0.3, -0.25) is 4.79 Å². The van der Waals surface area contributed by atoms with Crippen LogP contribution in [-0.2, 0) is 0 Å². The van der Waals surface area contributed by atoms with E-state index in [9.17, 15) is 4.79 Å². The van der Waals surface area contributed by atoms with E-state index in [0.29, 0.717) is 11.3 Å². The molecule has 2 rings (SSSR count). The summed E-state index contributed by atoms with van der Waals surface area (Å²) in [6.45, 7) is 3.95. The van der Waals surface area contributed by atoms with Crippen LogP contribution in [0.3, 0.4) is 0 Å². The third-order valence-corrected chi connectivity index (χ3v) is 3.26. The van der Waals surface area contributed by atoms with Crippen molar-refractivity contribution < 1.29 is 4.79 Å². The molecule has 3 nitrogen and oxygen atoms in total. The Morgan fingerprint density at radius 3 is 2.56 bits per heavy atom. The first kappa shape index (κ1) is 11.0. The lowest BCUT2D eigenvalue weighted by molar-refractivity contribution is 0.0698. The highest BCUT2D eigenvalue weighted by atomic mass is 16.2. The van der Waals surface area contributed by atoms with Gasteiger partial charge >= 0.3 is 0 Å². The fourth-order valence-electron chi connectivity index (χ4n) is 2.07. The van der Waals surface area contributed by atoms with E-state index in [-0.39, 0.29) is 5.91 Å². The van der Waals surface area contributed by atoms with E-state index >= 15 is 0 Å². The maximum Gasteiger partial charge on any atom is 0.255 e. The Morgan fingerprint density at radius 1 is 1.31 bits per heavy atom. The summed E-state index contributed by atoms with van der Waals surface area (Å²) in [7, 11) is 0. The fraction of sp³-hybridized carbons (Fsp3) is 0.462. The van der Waals surface area contributed by atoms with E-state index in [1.807, 2.05) is 17.0 Å². The van der Waals surface area contributed by atoms with E-state index in [0.717, 1.165) is 31.8 Å². The van der Waals surface area contributed by atoms with E-state index < -0.39 is 0 Å². The van der Waals surface area contributed by atoms with Gasteiger partial charge in [-0.2, -0.15) is 0 Å². The standard InChI is InChI=1S/C13H18N2O/c1-10-6-8-15(9-7-10)13(16)11-4-2-3-5-12(11)14/h2-5,10H,6-9,14H2,1H3. The number of carbonyl (C=O) groups is 1. The quantitative estimate of drug-likeness (QED) is 0.734. The first-order valence-corrected chi connectivity index (χ1v) is 5.82. The Balaban J connectivity index is 2.11. The number of para-hydroxylation sites is 1. The number of amides is 1. The van der Waals surface area contributed by atoms with Gasteiger partial charge in [0, 0.05) is 18.8 Å². The summed E-state index contributed by atoms with van der Waals surface area (Å²) in [6, 6.07) is 7.29. The lowest BCUT2D eigenvalue weighted by atomic mass is 9.98. The lowest BCUT2D eigenvalue weighted by Crippen LogP contribution is -2.38. The largest absolute Gasteiger partial charge is 0.398 e. The summed E-state index contributed by atoms with van der Waals surface area (Å²) in [5.74, 6) is 0.808. The summed E-state index contributed by atoms with van der Waals surface area (Å²) in [6.07, 6.45) is 2.19. The molecule has 2 N–H and O–H groups in total. The van der Waals surface area contributed by atoms with Crippen molar-refractivity contribution in [1.82, 2.24) is 4.90 Å². The average molecular weight is 218 g/mol. The number of anilines is 1. The number of piperidine rings is 1. The first-order chi connectivity index (χ1) is 7.68. The molecule has 0 bridgehead atoms. The molecule has 1 heterocycles. The zero-order valence-electron chi connectivity index (χ0n) is 9.65. The number of benzene rings is 1. The van der Waals surface area contributed by atoms with Gasteiger partial charge < -0.3 is 10.6 Å². The molecule has 1 aromatic rings. The highest BCUT2D eigenvalue weighted by Gasteiger charge is 2.22. The minimum atomic E-state index is 0.0741. The summed E-state index contributed by atoms with van der Waals surface area (Å²) < 4.78 is 0. The average Bonchev–Trinajstić information content (AvgIpc) is 2.30. The van der Waals surface area contributed by atoms with Gasteiger partial charge in [-0.25, -0.2) is 0 Å². The third-order valence-electron chi connectivity index (χ3n) is 3.26. The second-order valence-corrected chi connectivity index (χ2v) is 4.56. The van der Waals surface area contributed by atoms with Crippen LogP contribution in [0.25, 0.3) is 0 Å². The van der Waals surface area contributed by atoms with Crippen molar-refractivity contribution in [2.45, 2.75) is 19.8 Å². The highest BCUT2D eigenvalue weighted by Crippen LogP contribution is 2.20. The van der Waals surface area contributed by atoms with Crippen molar-refractivity contribution in [3.05, 3.63) is 29.8 Å². The zero-order chi connectivity index (χ0) is 11.5. The van der Waals surface area contributed by atoms with Crippen LogP contribution in [0.4, 0.5) is 5.69 Å². The molecule has 86 valence electrons. The van der Waals surface area contributed by atoms with Gasteiger partial charge in [0.05, 0.1) is 5.56 Å². The van der Waals surface area contributed by atoms with Gasteiger partial charge in [0.15, 0.2) is 0 Å². The maximum atomic E-state index is 12.2. The second-order valence-electron chi connectivity index (χ2n) is 4.56. The number of rotatable bonds is 1. The molecule has 0 atom stereocenters. The van der Waals surface area contributed by atoms with E-state index in [1.165, 1.54) is 0 Å². The molecule has 16 heavy (non-hydrogen) atoms. The van der Waals surface area contributed by atoms with Crippen molar-refractivity contribution in [2.75, 3.05) is 18.8 Å². The Morgan fingerprint density at radius 2 is 1.94 bits per heavy atom. The van der Waals surface area contributed by atoms with Crippen LogP contribution in [0.5, 0.6) is 0 Å². The van der Waals surface area contributed by atoms with E-state index in [1.54, 1.807) is 12.1 Å². The SMILES string of the molecule is CC1CCN(C(=O)c2ccccc2N)CC1. The van der Waals surface area contributed by atoms with Crippen LogP contribution < -0.4 is 5.73 Å². The van der Waals surface area contributed by atoms with Crippen molar-refractivity contribution in [3.63, 3.8) is 0 Å². The molecule has 1 amide bonds. The van der Waals surface area contributed by atoms with E-state index in [4.69, 9.17) is 5.73 Å². The summed E-state index contributed by atoms with van der Waals surface area (Å²) >= 11 is 0. The second kappa shape index (κ2) is 4.56. The summed E-state index contributed by atoms with van der Waals surface area (Å²) in [5, 5.41) is 0. The molecule has 1 fully saturated rings. The first-order valence-electron chi connectivity index (χ1n) is 5.82. The number of carbonyl (C=O) groups excluding carboxylic acids is 1. The minimum Gasteiger partial charge on any atom is -0.398 e. The van der Waals surface area contributed by atoms with Crippen molar-refractivity contribution in [1.29, 1.82) is 0 Å². The van der Waals surface area contributed by atoms with Crippen LogP contribution in [0.2, 0.25) is 0 Å². The van der Waals surface area contributed by atoms with Crippen molar-refractivity contribution >= 4 is 11.6 Å². The smallest absolute Gasteiger partial charge is 0.255 e. The topological polar surface area (TPSA) is 46.3 Å². The Hall–Kier alpha value is -1.51. The molecule has 0 spiro atoms.